The van der Waals surface area contributed by atoms with Crippen LogP contribution in [-0.4, -0.2) is 24.0 Å². The Hall–Kier alpha value is -1.64. The standard InChI is InChI=1S/C8H7F3N2O3S/c1-2-16-6(15)4-5(8(9,10)11)13-7(17-4)12-3-14/h3H,2H2,1H3,(H,12,13,14). The molecule has 0 unspecified atom stereocenters. The molecule has 0 radical (unpaired) electrons. The van der Waals surface area contributed by atoms with E-state index < -0.39 is 22.7 Å². The van der Waals surface area contributed by atoms with Crippen LogP contribution in [0.1, 0.15) is 22.3 Å². The van der Waals surface area contributed by atoms with Gasteiger partial charge in [0.25, 0.3) is 0 Å². The van der Waals surface area contributed by atoms with E-state index >= 15 is 0 Å². The molecule has 0 aliphatic rings. The Kier molecular flexibility index (Phi) is 4.05. The molecule has 0 aliphatic heterocycles. The largest absolute Gasteiger partial charge is 0.462 e. The van der Waals surface area contributed by atoms with Gasteiger partial charge in [-0.15, -0.1) is 0 Å². The first-order chi connectivity index (χ1) is 7.90. The Morgan fingerprint density at radius 3 is 2.71 bits per heavy atom. The van der Waals surface area contributed by atoms with Gasteiger partial charge in [0, 0.05) is 0 Å². The molecule has 1 aromatic heterocycles. The number of ether oxygens (including phenoxy) is 1. The monoisotopic (exact) mass is 268 g/mol. The number of nitrogens with zero attached hydrogens (tertiary/aromatic N) is 1. The van der Waals surface area contributed by atoms with E-state index in [1.165, 1.54) is 6.92 Å². The number of hydrogen-bond acceptors (Lipinski definition) is 5. The van der Waals surface area contributed by atoms with E-state index in [2.05, 4.69) is 9.72 Å². The third-order valence-corrected chi connectivity index (χ3v) is 2.51. The van der Waals surface area contributed by atoms with Gasteiger partial charge in [0.1, 0.15) is 4.88 Å². The summed E-state index contributed by atoms with van der Waals surface area (Å²) in [5.41, 5.74) is -1.36. The van der Waals surface area contributed by atoms with Crippen molar-refractivity contribution in [2.75, 3.05) is 11.9 Å². The van der Waals surface area contributed by atoms with E-state index in [1.54, 1.807) is 0 Å². The number of hydrogen-bond donors (Lipinski definition) is 1. The predicted octanol–water partition coefficient (Wildman–Crippen LogP) is 1.91. The lowest BCUT2D eigenvalue weighted by molar-refractivity contribution is -0.141. The summed E-state index contributed by atoms with van der Waals surface area (Å²) in [6.07, 6.45) is -4.60. The minimum absolute atomic E-state index is 0.0511. The van der Waals surface area contributed by atoms with Crippen molar-refractivity contribution in [3.63, 3.8) is 0 Å². The smallest absolute Gasteiger partial charge is 0.435 e. The molecule has 94 valence electrons. The highest BCUT2D eigenvalue weighted by Crippen LogP contribution is 2.36. The normalized spacial score (nSPS) is 11.1. The van der Waals surface area contributed by atoms with Gasteiger partial charge in [-0.2, -0.15) is 13.2 Å². The second-order valence-electron chi connectivity index (χ2n) is 2.68. The van der Waals surface area contributed by atoms with E-state index in [4.69, 9.17) is 0 Å². The zero-order chi connectivity index (χ0) is 13.1. The number of nitrogens with one attached hydrogen (secondary N) is 1. The molecule has 0 atom stereocenters. The van der Waals surface area contributed by atoms with Crippen LogP contribution in [0, 0.1) is 0 Å². The molecular weight excluding hydrogens is 261 g/mol. The van der Waals surface area contributed by atoms with Crippen LogP contribution in [0.4, 0.5) is 18.3 Å². The fourth-order valence-corrected chi connectivity index (χ4v) is 1.80. The van der Waals surface area contributed by atoms with Crippen molar-refractivity contribution in [2.24, 2.45) is 0 Å². The van der Waals surface area contributed by atoms with Gasteiger partial charge >= 0.3 is 12.1 Å². The molecule has 1 amide bonds. The highest BCUT2D eigenvalue weighted by molar-refractivity contribution is 7.17. The van der Waals surface area contributed by atoms with E-state index in [-0.39, 0.29) is 18.1 Å². The molecule has 0 aliphatic carbocycles. The van der Waals surface area contributed by atoms with Crippen LogP contribution >= 0.6 is 11.3 Å². The number of carbonyl (C=O) groups excluding carboxylic acids is 2. The second kappa shape index (κ2) is 5.13. The fourth-order valence-electron chi connectivity index (χ4n) is 0.959. The second-order valence-corrected chi connectivity index (χ2v) is 3.68. The first-order valence-electron chi connectivity index (χ1n) is 4.35. The molecule has 0 aromatic carbocycles. The van der Waals surface area contributed by atoms with Crippen molar-refractivity contribution >= 4 is 28.8 Å². The quantitative estimate of drug-likeness (QED) is 0.669. The molecule has 9 heteroatoms. The fraction of sp³-hybridized carbons (Fsp3) is 0.375. The first kappa shape index (κ1) is 13.4. The molecule has 17 heavy (non-hydrogen) atoms. The lowest BCUT2D eigenvalue weighted by atomic mass is 10.3. The maximum Gasteiger partial charge on any atom is 0.435 e. The summed E-state index contributed by atoms with van der Waals surface area (Å²) < 4.78 is 42.0. The molecule has 0 saturated carbocycles. The van der Waals surface area contributed by atoms with Crippen LogP contribution in [-0.2, 0) is 15.7 Å². The van der Waals surface area contributed by atoms with Crippen molar-refractivity contribution < 1.29 is 27.5 Å². The zero-order valence-corrected chi connectivity index (χ0v) is 9.32. The number of aromatic nitrogens is 1. The van der Waals surface area contributed by atoms with E-state index in [1.807, 2.05) is 5.32 Å². The number of carbonyl (C=O) groups is 2. The molecular formula is C8H7F3N2O3S. The molecule has 1 heterocycles. The van der Waals surface area contributed by atoms with Gasteiger partial charge in [-0.3, -0.25) is 4.79 Å². The Morgan fingerprint density at radius 1 is 1.59 bits per heavy atom. The van der Waals surface area contributed by atoms with Crippen molar-refractivity contribution in [2.45, 2.75) is 13.1 Å². The van der Waals surface area contributed by atoms with Crippen molar-refractivity contribution in [3.05, 3.63) is 10.6 Å². The maximum atomic E-state index is 12.5. The van der Waals surface area contributed by atoms with Gasteiger partial charge in [0.05, 0.1) is 6.61 Å². The van der Waals surface area contributed by atoms with Gasteiger partial charge in [0.15, 0.2) is 10.8 Å². The van der Waals surface area contributed by atoms with Crippen LogP contribution in [0.25, 0.3) is 0 Å². The first-order valence-corrected chi connectivity index (χ1v) is 5.17. The molecule has 0 spiro atoms. The molecule has 0 fully saturated rings. The minimum Gasteiger partial charge on any atom is -0.462 e. The topological polar surface area (TPSA) is 68.3 Å². The SMILES string of the molecule is CCOC(=O)c1sc(NC=O)nc1C(F)(F)F. The highest BCUT2D eigenvalue weighted by Gasteiger charge is 2.40. The average molecular weight is 268 g/mol. The van der Waals surface area contributed by atoms with Crippen LogP contribution in [0.5, 0.6) is 0 Å². The summed E-state index contributed by atoms with van der Waals surface area (Å²) in [4.78, 5) is 23.8. The Balaban J connectivity index is 3.16. The van der Waals surface area contributed by atoms with Gasteiger partial charge in [-0.25, -0.2) is 9.78 Å². The summed E-state index contributed by atoms with van der Waals surface area (Å²) in [6, 6.07) is 0. The van der Waals surface area contributed by atoms with Crippen molar-refractivity contribution in [1.29, 1.82) is 0 Å². The number of alkyl halides is 3. The number of halogens is 3. The lowest BCUT2D eigenvalue weighted by Gasteiger charge is -2.04. The van der Waals surface area contributed by atoms with Crippen LogP contribution < -0.4 is 5.32 Å². The highest BCUT2D eigenvalue weighted by atomic mass is 32.1. The molecule has 0 bridgehead atoms. The number of thiazole rings is 1. The van der Waals surface area contributed by atoms with Gasteiger partial charge in [-0.05, 0) is 6.92 Å². The Labute approximate surface area is 97.6 Å². The summed E-state index contributed by atoms with van der Waals surface area (Å²) in [5.74, 6) is -1.11. The summed E-state index contributed by atoms with van der Waals surface area (Å²) >= 11 is 0.411. The number of amides is 1. The molecule has 5 nitrogen and oxygen atoms in total. The lowest BCUT2D eigenvalue weighted by Crippen LogP contribution is -2.13. The van der Waals surface area contributed by atoms with E-state index in [0.29, 0.717) is 11.3 Å². The van der Waals surface area contributed by atoms with Gasteiger partial charge in [0.2, 0.25) is 6.41 Å². The van der Waals surface area contributed by atoms with Gasteiger partial charge < -0.3 is 10.1 Å². The molecule has 0 saturated heterocycles. The van der Waals surface area contributed by atoms with Crippen molar-refractivity contribution in [1.82, 2.24) is 4.98 Å². The van der Waals surface area contributed by atoms with Crippen LogP contribution in [0.3, 0.4) is 0 Å². The predicted molar refractivity (Wildman–Crippen MR) is 52.8 cm³/mol. The molecule has 1 N–H and O–H groups in total. The van der Waals surface area contributed by atoms with E-state index in [9.17, 15) is 22.8 Å². The van der Waals surface area contributed by atoms with Gasteiger partial charge in [-0.1, -0.05) is 11.3 Å². The van der Waals surface area contributed by atoms with Crippen LogP contribution in [0.2, 0.25) is 0 Å². The third kappa shape index (κ3) is 3.16. The van der Waals surface area contributed by atoms with Crippen LogP contribution in [0.15, 0.2) is 0 Å². The van der Waals surface area contributed by atoms with E-state index in [0.717, 1.165) is 0 Å². The number of rotatable bonds is 4. The minimum atomic E-state index is -4.78. The molecule has 1 rings (SSSR count). The number of esters is 1. The number of anilines is 1. The summed E-state index contributed by atoms with van der Waals surface area (Å²) in [6.45, 7) is 1.42. The Bertz CT molecular complexity index is 430. The Morgan fingerprint density at radius 2 is 2.24 bits per heavy atom. The summed E-state index contributed by atoms with van der Waals surface area (Å²) in [5, 5.41) is 1.65. The summed E-state index contributed by atoms with van der Waals surface area (Å²) in [7, 11) is 0. The maximum absolute atomic E-state index is 12.5. The molecule has 1 aromatic rings. The van der Waals surface area contributed by atoms with Crippen molar-refractivity contribution in [3.8, 4) is 0 Å². The third-order valence-electron chi connectivity index (χ3n) is 1.54. The average Bonchev–Trinajstić information content (AvgIpc) is 2.62. The zero-order valence-electron chi connectivity index (χ0n) is 8.50.